The summed E-state index contributed by atoms with van der Waals surface area (Å²) in [5, 5.41) is 2.77. The first-order chi connectivity index (χ1) is 14.0. The molecular weight excluding hydrogens is 368 g/mol. The minimum Gasteiger partial charge on any atom is -0.135 e. The smallest absolute Gasteiger partial charge is 0.0402 e. The molecule has 3 aromatic carbocycles. The van der Waals surface area contributed by atoms with Gasteiger partial charge in [-0.2, -0.15) is 0 Å². The highest BCUT2D eigenvalue weighted by Crippen LogP contribution is 2.54. The van der Waals surface area contributed by atoms with Crippen molar-refractivity contribution in [1.82, 2.24) is 0 Å². The van der Waals surface area contributed by atoms with Crippen molar-refractivity contribution < 1.29 is 0 Å². The van der Waals surface area contributed by atoms with Crippen molar-refractivity contribution in [2.24, 2.45) is 0 Å². The molecule has 0 fully saturated rings. The normalized spacial score (nSPS) is 17.7. The number of benzene rings is 3. The van der Waals surface area contributed by atoms with Crippen molar-refractivity contribution in [3.8, 4) is 11.1 Å². The average molecular weight is 391 g/mol. The highest BCUT2D eigenvalue weighted by molar-refractivity contribution is 7.26. The Balaban J connectivity index is 1.67. The molecule has 0 saturated heterocycles. The zero-order valence-corrected chi connectivity index (χ0v) is 17.6. The zero-order chi connectivity index (χ0) is 19.9. The van der Waals surface area contributed by atoms with E-state index >= 15 is 0 Å². The molecule has 2 aliphatic carbocycles. The van der Waals surface area contributed by atoms with Crippen molar-refractivity contribution in [2.45, 2.75) is 25.7 Å². The second-order valence-corrected chi connectivity index (χ2v) is 9.78. The van der Waals surface area contributed by atoms with E-state index in [1.165, 1.54) is 59.1 Å². The topological polar surface area (TPSA) is 0 Å². The maximum absolute atomic E-state index is 4.42. The molecule has 4 aromatic rings. The molecule has 1 heterocycles. The van der Waals surface area contributed by atoms with Crippen molar-refractivity contribution in [3.63, 3.8) is 0 Å². The molecule has 0 nitrogen and oxygen atoms in total. The van der Waals surface area contributed by atoms with E-state index in [0.29, 0.717) is 0 Å². The number of hydrogen-bond donors (Lipinski definition) is 0. The Morgan fingerprint density at radius 1 is 0.931 bits per heavy atom. The molecule has 0 unspecified atom stereocenters. The fraction of sp³-hybridized carbons (Fsp3) is 0.143. The molecule has 0 amide bonds. The van der Waals surface area contributed by atoms with Crippen LogP contribution in [-0.2, 0) is 11.8 Å². The van der Waals surface area contributed by atoms with Crippen molar-refractivity contribution in [3.05, 3.63) is 102 Å². The van der Waals surface area contributed by atoms with E-state index in [9.17, 15) is 0 Å². The van der Waals surface area contributed by atoms with Gasteiger partial charge in [0.2, 0.25) is 0 Å². The van der Waals surface area contributed by atoms with Crippen molar-refractivity contribution >= 4 is 37.1 Å². The third-order valence-electron chi connectivity index (χ3n) is 6.79. The monoisotopic (exact) mass is 390 g/mol. The van der Waals surface area contributed by atoms with Crippen LogP contribution in [0.2, 0.25) is 0 Å². The summed E-state index contributed by atoms with van der Waals surface area (Å²) >= 11 is 1.94. The molecule has 0 N–H and O–H groups in total. The number of fused-ring (bicyclic) bond motifs is 8. The molecule has 29 heavy (non-hydrogen) atoms. The molecule has 6 rings (SSSR count). The summed E-state index contributed by atoms with van der Waals surface area (Å²) in [6, 6.07) is 18.3. The highest BCUT2D eigenvalue weighted by atomic mass is 32.1. The van der Waals surface area contributed by atoms with Gasteiger partial charge in [-0.1, -0.05) is 75.6 Å². The lowest BCUT2D eigenvalue weighted by molar-refractivity contribution is 0.668. The van der Waals surface area contributed by atoms with Crippen LogP contribution in [0, 0.1) is 0 Å². The molecule has 0 radical (unpaired) electrons. The molecule has 0 saturated carbocycles. The quantitative estimate of drug-likeness (QED) is 0.272. The summed E-state index contributed by atoms with van der Waals surface area (Å²) in [6.07, 6.45) is 5.06. The SMILES string of the molecule is C=C/C=C1\C(=C)c2ccc3c(sc4cc5c(cc43)Cc3ccccc3-5)c2C1(C)C. The second-order valence-electron chi connectivity index (χ2n) is 8.73. The maximum Gasteiger partial charge on any atom is 0.0402 e. The lowest BCUT2D eigenvalue weighted by atomic mass is 9.81. The van der Waals surface area contributed by atoms with Gasteiger partial charge in [-0.25, -0.2) is 0 Å². The summed E-state index contributed by atoms with van der Waals surface area (Å²) < 4.78 is 2.79. The van der Waals surface area contributed by atoms with Gasteiger partial charge in [-0.15, -0.1) is 11.3 Å². The Morgan fingerprint density at radius 2 is 1.76 bits per heavy atom. The first-order valence-corrected chi connectivity index (χ1v) is 11.0. The Kier molecular flexibility index (Phi) is 3.27. The number of hydrogen-bond acceptors (Lipinski definition) is 1. The van der Waals surface area contributed by atoms with Crippen LogP contribution < -0.4 is 0 Å². The highest BCUT2D eigenvalue weighted by Gasteiger charge is 2.39. The van der Waals surface area contributed by atoms with E-state index in [2.05, 4.69) is 81.6 Å². The van der Waals surface area contributed by atoms with Crippen LogP contribution in [0.5, 0.6) is 0 Å². The molecule has 0 spiro atoms. The standard InChI is InChI=1S/C28H22S/c1-5-8-24-16(2)19-11-12-21-23-14-18-13-17-9-6-7-10-20(17)22(18)15-25(23)29-27(21)26(19)28(24,3)4/h5-12,14-15H,1-2,13H2,3-4H3/b24-8+. The summed E-state index contributed by atoms with van der Waals surface area (Å²) in [5.41, 5.74) is 10.8. The third-order valence-corrected chi connectivity index (χ3v) is 7.97. The Bertz CT molecular complexity index is 1420. The van der Waals surface area contributed by atoms with E-state index in [1.54, 1.807) is 0 Å². The first kappa shape index (κ1) is 17.0. The number of thiophene rings is 1. The molecule has 0 bridgehead atoms. The zero-order valence-electron chi connectivity index (χ0n) is 16.8. The van der Waals surface area contributed by atoms with Gasteiger partial charge in [-0.3, -0.25) is 0 Å². The van der Waals surface area contributed by atoms with Crippen LogP contribution in [0.4, 0.5) is 0 Å². The van der Waals surface area contributed by atoms with Gasteiger partial charge in [0.05, 0.1) is 0 Å². The van der Waals surface area contributed by atoms with Gasteiger partial charge in [0, 0.05) is 25.6 Å². The van der Waals surface area contributed by atoms with E-state index in [1.807, 2.05) is 17.4 Å². The second kappa shape index (κ2) is 5.58. The van der Waals surface area contributed by atoms with Gasteiger partial charge >= 0.3 is 0 Å². The van der Waals surface area contributed by atoms with Gasteiger partial charge in [0.15, 0.2) is 0 Å². The van der Waals surface area contributed by atoms with Crippen molar-refractivity contribution in [2.75, 3.05) is 0 Å². The summed E-state index contributed by atoms with van der Waals surface area (Å²) in [7, 11) is 0. The molecule has 1 aromatic heterocycles. The molecule has 0 atom stereocenters. The summed E-state index contributed by atoms with van der Waals surface area (Å²) in [4.78, 5) is 0. The third kappa shape index (κ3) is 2.09. The lowest BCUT2D eigenvalue weighted by Gasteiger charge is -2.22. The predicted octanol–water partition coefficient (Wildman–Crippen LogP) is 8.04. The summed E-state index contributed by atoms with van der Waals surface area (Å²) in [5.74, 6) is 0. The molecule has 140 valence electrons. The molecule has 1 heteroatoms. The molecular formula is C28H22S. The maximum atomic E-state index is 4.42. The Labute approximate surface area is 175 Å². The Hall–Kier alpha value is -2.90. The van der Waals surface area contributed by atoms with Crippen LogP contribution in [0.25, 0.3) is 36.9 Å². The fourth-order valence-corrected chi connectivity index (χ4v) is 6.86. The van der Waals surface area contributed by atoms with E-state index < -0.39 is 0 Å². The van der Waals surface area contributed by atoms with Crippen LogP contribution >= 0.6 is 11.3 Å². The van der Waals surface area contributed by atoms with Gasteiger partial charge < -0.3 is 0 Å². The van der Waals surface area contributed by atoms with Gasteiger partial charge in [0.1, 0.15) is 0 Å². The van der Waals surface area contributed by atoms with Crippen LogP contribution in [0.15, 0.2) is 79.4 Å². The molecule has 2 aliphatic rings. The lowest BCUT2D eigenvalue weighted by Crippen LogP contribution is -2.15. The average Bonchev–Trinajstić information content (AvgIpc) is 3.31. The van der Waals surface area contributed by atoms with Gasteiger partial charge in [0.25, 0.3) is 0 Å². The first-order valence-electron chi connectivity index (χ1n) is 10.1. The minimum absolute atomic E-state index is 0.0592. The van der Waals surface area contributed by atoms with E-state index in [-0.39, 0.29) is 5.41 Å². The van der Waals surface area contributed by atoms with E-state index in [0.717, 1.165) is 12.0 Å². The van der Waals surface area contributed by atoms with Crippen molar-refractivity contribution in [1.29, 1.82) is 0 Å². The van der Waals surface area contributed by atoms with Crippen LogP contribution in [-0.4, -0.2) is 0 Å². The van der Waals surface area contributed by atoms with E-state index in [4.69, 9.17) is 0 Å². The Morgan fingerprint density at radius 3 is 2.59 bits per heavy atom. The predicted molar refractivity (Wildman–Crippen MR) is 128 cm³/mol. The van der Waals surface area contributed by atoms with Gasteiger partial charge in [-0.05, 0) is 63.1 Å². The largest absolute Gasteiger partial charge is 0.135 e. The van der Waals surface area contributed by atoms with Crippen LogP contribution in [0.3, 0.4) is 0 Å². The summed E-state index contributed by atoms with van der Waals surface area (Å²) in [6.45, 7) is 13.0. The number of rotatable bonds is 1. The fourth-order valence-electron chi connectivity index (χ4n) is 5.43. The minimum atomic E-state index is -0.0592. The number of allylic oxidation sites excluding steroid dienone is 4. The van der Waals surface area contributed by atoms with Crippen LogP contribution in [0.1, 0.15) is 36.1 Å². The molecule has 0 aliphatic heterocycles.